The Kier molecular flexibility index (Phi) is 6.70. The van der Waals surface area contributed by atoms with E-state index in [1.807, 2.05) is 16.7 Å². The Morgan fingerprint density at radius 1 is 1.34 bits per heavy atom. The molecule has 0 saturated heterocycles. The molecule has 1 heterocycles. The lowest BCUT2D eigenvalue weighted by atomic mass is 10.2. The van der Waals surface area contributed by atoms with E-state index in [-0.39, 0.29) is 5.91 Å². The minimum absolute atomic E-state index is 0.189. The van der Waals surface area contributed by atoms with Gasteiger partial charge in [0.05, 0.1) is 16.9 Å². The van der Waals surface area contributed by atoms with Crippen molar-refractivity contribution in [3.63, 3.8) is 0 Å². The van der Waals surface area contributed by atoms with Gasteiger partial charge in [-0.15, -0.1) is 16.8 Å². The molecule has 0 aliphatic carbocycles. The van der Waals surface area contributed by atoms with Gasteiger partial charge in [0.25, 0.3) is 0 Å². The Balaban J connectivity index is 1.78. The average molecular weight is 424 g/mol. The summed E-state index contributed by atoms with van der Waals surface area (Å²) < 4.78 is 1.90. The molecule has 0 fully saturated rings. The van der Waals surface area contributed by atoms with Crippen LogP contribution in [0.2, 0.25) is 5.02 Å². The van der Waals surface area contributed by atoms with Crippen LogP contribution in [-0.2, 0) is 11.3 Å². The Bertz CT molecular complexity index is 1070. The van der Waals surface area contributed by atoms with E-state index >= 15 is 0 Å². The lowest BCUT2D eigenvalue weighted by molar-refractivity contribution is -0.115. The molecule has 1 amide bonds. The van der Waals surface area contributed by atoms with Crippen LogP contribution >= 0.6 is 23.4 Å². The van der Waals surface area contributed by atoms with Crippen LogP contribution in [-0.4, -0.2) is 25.9 Å². The van der Waals surface area contributed by atoms with Gasteiger partial charge in [0.15, 0.2) is 11.0 Å². The van der Waals surface area contributed by atoms with Crippen LogP contribution in [0.4, 0.5) is 5.69 Å². The van der Waals surface area contributed by atoms with Crippen molar-refractivity contribution in [3.05, 3.63) is 71.8 Å². The van der Waals surface area contributed by atoms with Crippen molar-refractivity contribution in [1.82, 2.24) is 14.8 Å². The number of carbonyl (C=O) groups excluding carboxylic acids is 1. The number of nitrogens with zero attached hydrogens (tertiary/aromatic N) is 4. The van der Waals surface area contributed by atoms with Crippen LogP contribution in [0, 0.1) is 11.3 Å². The number of anilines is 1. The van der Waals surface area contributed by atoms with Crippen molar-refractivity contribution in [2.45, 2.75) is 23.9 Å². The second-order valence-corrected chi connectivity index (χ2v) is 7.90. The van der Waals surface area contributed by atoms with Crippen LogP contribution in [0.5, 0.6) is 0 Å². The number of thioether (sulfide) groups is 1. The van der Waals surface area contributed by atoms with E-state index in [9.17, 15) is 4.79 Å². The molecule has 0 spiro atoms. The minimum Gasteiger partial charge on any atom is -0.325 e. The van der Waals surface area contributed by atoms with Crippen molar-refractivity contribution in [2.24, 2.45) is 0 Å². The highest BCUT2D eigenvalue weighted by molar-refractivity contribution is 8.00. The molecular formula is C21H18ClN5OS. The van der Waals surface area contributed by atoms with Crippen LogP contribution in [0.25, 0.3) is 11.4 Å². The summed E-state index contributed by atoms with van der Waals surface area (Å²) in [4.78, 5) is 12.6. The minimum atomic E-state index is -0.424. The molecule has 1 unspecified atom stereocenters. The summed E-state index contributed by atoms with van der Waals surface area (Å²) in [6.07, 6.45) is 1.75. The Morgan fingerprint density at radius 2 is 2.10 bits per heavy atom. The van der Waals surface area contributed by atoms with Gasteiger partial charge in [-0.1, -0.05) is 35.5 Å². The van der Waals surface area contributed by atoms with Gasteiger partial charge in [-0.3, -0.25) is 9.36 Å². The number of hydrogen-bond donors (Lipinski definition) is 1. The Morgan fingerprint density at radius 3 is 2.79 bits per heavy atom. The number of amides is 1. The fourth-order valence-electron chi connectivity index (χ4n) is 2.60. The summed E-state index contributed by atoms with van der Waals surface area (Å²) in [6.45, 7) is 6.10. The van der Waals surface area contributed by atoms with Crippen molar-refractivity contribution in [1.29, 1.82) is 5.26 Å². The Labute approximate surface area is 178 Å². The third-order valence-electron chi connectivity index (χ3n) is 4.04. The average Bonchev–Trinajstić information content (AvgIpc) is 3.11. The topological polar surface area (TPSA) is 83.6 Å². The predicted octanol–water partition coefficient (Wildman–Crippen LogP) is 4.78. The number of aromatic nitrogens is 3. The molecular weight excluding hydrogens is 406 g/mol. The van der Waals surface area contributed by atoms with E-state index in [1.54, 1.807) is 49.4 Å². The lowest BCUT2D eigenvalue weighted by Gasteiger charge is -2.13. The lowest BCUT2D eigenvalue weighted by Crippen LogP contribution is -2.23. The molecule has 146 valence electrons. The maximum absolute atomic E-state index is 12.6. The van der Waals surface area contributed by atoms with Gasteiger partial charge in [0.2, 0.25) is 5.91 Å². The second-order valence-electron chi connectivity index (χ2n) is 6.15. The van der Waals surface area contributed by atoms with Gasteiger partial charge in [0, 0.05) is 22.8 Å². The first kappa shape index (κ1) is 20.6. The van der Waals surface area contributed by atoms with Crippen molar-refractivity contribution < 1.29 is 4.79 Å². The maximum atomic E-state index is 12.6. The molecule has 1 atom stereocenters. The summed E-state index contributed by atoms with van der Waals surface area (Å²) in [5.74, 6) is 0.490. The second kappa shape index (κ2) is 9.41. The molecule has 3 aromatic rings. The van der Waals surface area contributed by atoms with E-state index in [0.717, 1.165) is 5.56 Å². The number of halogens is 1. The molecule has 6 nitrogen and oxygen atoms in total. The zero-order valence-corrected chi connectivity index (χ0v) is 17.2. The molecule has 0 saturated carbocycles. The van der Waals surface area contributed by atoms with Crippen molar-refractivity contribution >= 4 is 35.0 Å². The summed E-state index contributed by atoms with van der Waals surface area (Å²) >= 11 is 7.27. The fourth-order valence-corrected chi connectivity index (χ4v) is 3.59. The summed E-state index contributed by atoms with van der Waals surface area (Å²) in [5.41, 5.74) is 1.94. The van der Waals surface area contributed by atoms with Gasteiger partial charge in [-0.25, -0.2) is 0 Å². The number of nitriles is 1. The number of hydrogen-bond acceptors (Lipinski definition) is 5. The Hall–Kier alpha value is -3.08. The van der Waals surface area contributed by atoms with E-state index < -0.39 is 5.25 Å². The first-order chi connectivity index (χ1) is 14.0. The van der Waals surface area contributed by atoms with Gasteiger partial charge < -0.3 is 5.32 Å². The van der Waals surface area contributed by atoms with Crippen LogP contribution in [0.15, 0.2) is 66.3 Å². The number of carbonyl (C=O) groups is 1. The number of rotatable bonds is 7. The standard InChI is InChI=1S/C21H18ClN5OS/c1-3-11-27-19(16-7-9-17(22)10-8-16)25-26-21(27)29-14(2)20(28)24-18-6-4-5-15(12-18)13-23/h3-10,12,14H,1,11H2,2H3,(H,24,28). The maximum Gasteiger partial charge on any atom is 0.237 e. The van der Waals surface area contributed by atoms with E-state index in [1.165, 1.54) is 11.8 Å². The van der Waals surface area contributed by atoms with Gasteiger partial charge in [-0.05, 0) is 49.4 Å². The quantitative estimate of drug-likeness (QED) is 0.437. The number of benzene rings is 2. The first-order valence-electron chi connectivity index (χ1n) is 8.79. The number of allylic oxidation sites excluding steroid dienone is 1. The van der Waals surface area contributed by atoms with Crippen LogP contribution in [0.1, 0.15) is 12.5 Å². The first-order valence-corrected chi connectivity index (χ1v) is 10.1. The summed E-state index contributed by atoms with van der Waals surface area (Å²) in [5, 5.41) is 21.2. The molecule has 0 bridgehead atoms. The zero-order chi connectivity index (χ0) is 20.8. The predicted molar refractivity (Wildman–Crippen MR) is 116 cm³/mol. The van der Waals surface area contributed by atoms with E-state index in [4.69, 9.17) is 16.9 Å². The SMILES string of the molecule is C=CCn1c(SC(C)C(=O)Nc2cccc(C#N)c2)nnc1-c1ccc(Cl)cc1. The fraction of sp³-hybridized carbons (Fsp3) is 0.143. The van der Waals surface area contributed by atoms with Gasteiger partial charge in [-0.2, -0.15) is 5.26 Å². The summed E-state index contributed by atoms with van der Waals surface area (Å²) in [7, 11) is 0. The highest BCUT2D eigenvalue weighted by atomic mass is 35.5. The molecule has 1 aromatic heterocycles. The third kappa shape index (κ3) is 5.05. The monoisotopic (exact) mass is 423 g/mol. The van der Waals surface area contributed by atoms with Crippen molar-refractivity contribution in [2.75, 3.05) is 5.32 Å². The smallest absolute Gasteiger partial charge is 0.237 e. The molecule has 8 heteroatoms. The molecule has 0 aliphatic rings. The molecule has 0 aliphatic heterocycles. The van der Waals surface area contributed by atoms with Crippen LogP contribution < -0.4 is 5.32 Å². The normalized spacial score (nSPS) is 11.5. The van der Waals surface area contributed by atoms with E-state index in [0.29, 0.717) is 33.8 Å². The van der Waals surface area contributed by atoms with Crippen LogP contribution in [0.3, 0.4) is 0 Å². The molecule has 2 aromatic carbocycles. The van der Waals surface area contributed by atoms with Crippen molar-refractivity contribution in [3.8, 4) is 17.5 Å². The summed E-state index contributed by atoms with van der Waals surface area (Å²) in [6, 6.07) is 16.2. The van der Waals surface area contributed by atoms with Gasteiger partial charge in [0.1, 0.15) is 0 Å². The molecule has 29 heavy (non-hydrogen) atoms. The molecule has 3 rings (SSSR count). The zero-order valence-electron chi connectivity index (χ0n) is 15.7. The van der Waals surface area contributed by atoms with E-state index in [2.05, 4.69) is 28.2 Å². The highest BCUT2D eigenvalue weighted by Crippen LogP contribution is 2.28. The highest BCUT2D eigenvalue weighted by Gasteiger charge is 2.20. The largest absolute Gasteiger partial charge is 0.325 e. The molecule has 1 N–H and O–H groups in total. The molecule has 0 radical (unpaired) electrons. The van der Waals surface area contributed by atoms with Gasteiger partial charge >= 0.3 is 0 Å². The third-order valence-corrected chi connectivity index (χ3v) is 5.37. The number of nitrogens with one attached hydrogen (secondary N) is 1.